The Morgan fingerprint density at radius 1 is 1.18 bits per heavy atom. The molecule has 3 aliphatic rings. The van der Waals surface area contributed by atoms with Gasteiger partial charge in [-0.3, -0.25) is 28.6 Å². The van der Waals surface area contributed by atoms with Crippen LogP contribution < -0.4 is 22.3 Å². The van der Waals surface area contributed by atoms with Crippen LogP contribution in [0.3, 0.4) is 0 Å². The Morgan fingerprint density at radius 2 is 1.89 bits per heavy atom. The number of imide groups is 1. The minimum atomic E-state index is -0.952. The van der Waals surface area contributed by atoms with Gasteiger partial charge in [0.2, 0.25) is 5.88 Å². The third kappa shape index (κ3) is 5.36. The number of carbonyl (C=O) groups is 2. The van der Waals surface area contributed by atoms with Crippen molar-refractivity contribution < 1.29 is 19.4 Å². The van der Waals surface area contributed by atoms with Gasteiger partial charge in [-0.2, -0.15) is 0 Å². The van der Waals surface area contributed by atoms with Crippen molar-refractivity contribution in [1.82, 2.24) is 19.4 Å². The number of hydrogen-bond donors (Lipinski definition) is 3. The van der Waals surface area contributed by atoms with Gasteiger partial charge in [0.1, 0.15) is 16.9 Å². The lowest BCUT2D eigenvalue weighted by atomic mass is 9.78. The Hall–Kier alpha value is -3.15. The smallest absolute Gasteiger partial charge is 0.334 e. The molecule has 0 aromatic carbocycles. The van der Waals surface area contributed by atoms with Crippen molar-refractivity contribution in [1.29, 1.82) is 0 Å². The summed E-state index contributed by atoms with van der Waals surface area (Å²) in [4.78, 5) is 57.0. The number of aromatic nitrogens is 2. The van der Waals surface area contributed by atoms with Gasteiger partial charge in [-0.05, 0) is 64.2 Å². The number of amidine groups is 1. The van der Waals surface area contributed by atoms with Crippen LogP contribution in [-0.4, -0.2) is 68.8 Å². The van der Waals surface area contributed by atoms with Crippen molar-refractivity contribution in [3.05, 3.63) is 26.4 Å². The number of amides is 3. The molecule has 2 atom stereocenters. The normalized spacial score (nSPS) is 28.2. The van der Waals surface area contributed by atoms with Gasteiger partial charge >= 0.3 is 11.7 Å². The Kier molecular flexibility index (Phi) is 8.29. The van der Waals surface area contributed by atoms with Crippen molar-refractivity contribution in [2.24, 2.45) is 16.6 Å². The van der Waals surface area contributed by atoms with Crippen LogP contribution in [0.15, 0.2) is 14.6 Å². The molecule has 12 heteroatoms. The number of carbonyl (C=O) groups excluding carboxylic acids is 2. The molecule has 1 aliphatic carbocycles. The quantitative estimate of drug-likeness (QED) is 0.246. The lowest BCUT2D eigenvalue weighted by Gasteiger charge is -2.33. The molecule has 2 saturated heterocycles. The molecule has 12 nitrogen and oxygen atoms in total. The highest BCUT2D eigenvalue weighted by atomic mass is 16.5. The maximum Gasteiger partial charge on any atom is 0.334 e. The number of aromatic hydroxyl groups is 1. The molecule has 4 N–H and O–H groups in total. The molecule has 4 rings (SSSR count). The van der Waals surface area contributed by atoms with Crippen molar-refractivity contribution >= 4 is 17.8 Å². The second kappa shape index (κ2) is 11.3. The average molecular weight is 533 g/mol. The van der Waals surface area contributed by atoms with Gasteiger partial charge in [-0.25, -0.2) is 9.59 Å². The number of aliphatic imine (C=N–C) groups is 1. The lowest BCUT2D eigenvalue weighted by molar-refractivity contribution is -0.130. The van der Waals surface area contributed by atoms with E-state index in [0.29, 0.717) is 45.1 Å². The van der Waals surface area contributed by atoms with Crippen LogP contribution >= 0.6 is 0 Å². The van der Waals surface area contributed by atoms with E-state index in [0.717, 1.165) is 24.2 Å². The molecule has 210 valence electrons. The molecule has 3 amide bonds. The van der Waals surface area contributed by atoms with E-state index in [9.17, 15) is 24.3 Å². The van der Waals surface area contributed by atoms with Gasteiger partial charge in [0, 0.05) is 26.2 Å². The zero-order chi connectivity index (χ0) is 27.6. The highest BCUT2D eigenvalue weighted by Gasteiger charge is 2.47. The fraction of sp³-hybridized carbons (Fsp3) is 0.731. The molecule has 0 radical (unpaired) electrons. The summed E-state index contributed by atoms with van der Waals surface area (Å²) in [5, 5.41) is 13.7. The van der Waals surface area contributed by atoms with Crippen LogP contribution in [0.25, 0.3) is 0 Å². The van der Waals surface area contributed by atoms with Crippen LogP contribution in [0.4, 0.5) is 4.79 Å². The molecule has 38 heavy (non-hydrogen) atoms. The van der Waals surface area contributed by atoms with E-state index >= 15 is 0 Å². The first-order valence-corrected chi connectivity index (χ1v) is 13.7. The molecule has 2 aliphatic heterocycles. The number of nitrogens with zero attached hydrogens (tertiary/aromatic N) is 4. The van der Waals surface area contributed by atoms with Crippen molar-refractivity contribution in [3.63, 3.8) is 0 Å². The van der Waals surface area contributed by atoms with E-state index in [2.05, 4.69) is 10.3 Å². The Labute approximate surface area is 221 Å². The van der Waals surface area contributed by atoms with Crippen LogP contribution in [-0.2, 0) is 16.1 Å². The van der Waals surface area contributed by atoms with Crippen LogP contribution in [0.1, 0.15) is 83.2 Å². The molecular weight excluding hydrogens is 492 g/mol. The number of rotatable bonds is 9. The van der Waals surface area contributed by atoms with Crippen molar-refractivity contribution in [3.8, 4) is 5.88 Å². The standard InChI is InChI=1S/C26H40N6O6/c1-4-5-12-31-21(33)19(20(27)28-15-18-7-6-13-38-18)22(34)32(25(31)37)17-10-8-16(9-11-17)14-26(2)23(35)30(3)24(36)29-26/h16-18,33H,4-15H2,1-3H3,(H2,27,28)(H,29,36)/t16?,17?,18?,26-/m0/s1. The maximum absolute atomic E-state index is 13.6. The van der Waals surface area contributed by atoms with Crippen LogP contribution in [0.2, 0.25) is 0 Å². The van der Waals surface area contributed by atoms with Crippen LogP contribution in [0.5, 0.6) is 5.88 Å². The second-order valence-corrected chi connectivity index (χ2v) is 11.0. The van der Waals surface area contributed by atoms with Crippen LogP contribution in [0, 0.1) is 5.92 Å². The van der Waals surface area contributed by atoms with E-state index < -0.39 is 28.7 Å². The first-order chi connectivity index (χ1) is 18.1. The molecule has 1 unspecified atom stereocenters. The summed E-state index contributed by atoms with van der Waals surface area (Å²) in [5.74, 6) is -0.636. The Morgan fingerprint density at radius 3 is 2.47 bits per heavy atom. The highest BCUT2D eigenvalue weighted by Crippen LogP contribution is 2.37. The van der Waals surface area contributed by atoms with E-state index in [1.165, 1.54) is 16.2 Å². The number of likely N-dealkylation sites (N-methyl/N-ethyl adjacent to an activating group) is 1. The Balaban J connectivity index is 1.58. The van der Waals surface area contributed by atoms with E-state index in [1.807, 2.05) is 6.92 Å². The fourth-order valence-electron chi connectivity index (χ4n) is 5.95. The van der Waals surface area contributed by atoms with Gasteiger partial charge in [-0.15, -0.1) is 0 Å². The zero-order valence-corrected chi connectivity index (χ0v) is 22.6. The largest absolute Gasteiger partial charge is 0.494 e. The maximum atomic E-state index is 13.6. The van der Waals surface area contributed by atoms with Gasteiger partial charge in [0.25, 0.3) is 11.5 Å². The number of urea groups is 1. The van der Waals surface area contributed by atoms with Crippen molar-refractivity contribution in [2.45, 2.75) is 95.9 Å². The second-order valence-electron chi connectivity index (χ2n) is 11.0. The molecule has 1 aromatic heterocycles. The summed E-state index contributed by atoms with van der Waals surface area (Å²) in [6, 6.07) is -0.769. The minimum Gasteiger partial charge on any atom is -0.494 e. The van der Waals surface area contributed by atoms with Gasteiger partial charge in [-0.1, -0.05) is 13.3 Å². The number of ether oxygens (including phenoxy) is 1. The Bertz CT molecular complexity index is 1210. The molecular formula is C26H40N6O6. The molecule has 0 spiro atoms. The van der Waals surface area contributed by atoms with Gasteiger partial charge in [0.15, 0.2) is 0 Å². The monoisotopic (exact) mass is 532 g/mol. The summed E-state index contributed by atoms with van der Waals surface area (Å²) in [6.07, 6.45) is 6.16. The van der Waals surface area contributed by atoms with Crippen molar-refractivity contribution in [2.75, 3.05) is 20.2 Å². The van der Waals surface area contributed by atoms with E-state index in [-0.39, 0.29) is 48.5 Å². The molecule has 1 aromatic rings. The summed E-state index contributed by atoms with van der Waals surface area (Å²) in [6.45, 7) is 4.93. The topological polar surface area (TPSA) is 161 Å². The predicted molar refractivity (Wildman–Crippen MR) is 141 cm³/mol. The molecule has 3 fully saturated rings. The summed E-state index contributed by atoms with van der Waals surface area (Å²) >= 11 is 0. The third-order valence-electron chi connectivity index (χ3n) is 8.17. The number of nitrogens with two attached hydrogens (primary N) is 1. The van der Waals surface area contributed by atoms with Gasteiger partial charge in [0.05, 0.1) is 12.6 Å². The first-order valence-electron chi connectivity index (χ1n) is 13.7. The molecule has 3 heterocycles. The minimum absolute atomic E-state index is 0.0719. The van der Waals surface area contributed by atoms with Gasteiger partial charge < -0.3 is 20.9 Å². The zero-order valence-electron chi connectivity index (χ0n) is 22.6. The summed E-state index contributed by atoms with van der Waals surface area (Å²) < 4.78 is 8.04. The predicted octanol–water partition coefficient (Wildman–Crippen LogP) is 1.46. The summed E-state index contributed by atoms with van der Waals surface area (Å²) in [5.41, 5.74) is 3.94. The number of hydrogen-bond acceptors (Lipinski definition) is 7. The van der Waals surface area contributed by atoms with E-state index in [1.54, 1.807) is 6.92 Å². The highest BCUT2D eigenvalue weighted by molar-refractivity contribution is 6.06. The molecule has 1 saturated carbocycles. The fourth-order valence-corrected chi connectivity index (χ4v) is 5.95. The van der Waals surface area contributed by atoms with E-state index in [4.69, 9.17) is 10.5 Å². The average Bonchev–Trinajstić information content (AvgIpc) is 3.47. The SMILES string of the molecule is CCCCn1c(O)c(C(N)=NCC2CCCO2)c(=O)n(C2CCC(C[C@]3(C)NC(=O)N(C)C3=O)CC2)c1=O. The third-order valence-corrected chi connectivity index (χ3v) is 8.17. The molecule has 0 bridgehead atoms. The summed E-state index contributed by atoms with van der Waals surface area (Å²) in [7, 11) is 1.47. The lowest BCUT2D eigenvalue weighted by Crippen LogP contribution is -2.47. The number of unbranched alkanes of at least 4 members (excludes halogenated alkanes) is 1. The first kappa shape index (κ1) is 27.9. The number of nitrogens with one attached hydrogen (secondary N) is 1.